The Bertz CT molecular complexity index is 953. The van der Waals surface area contributed by atoms with E-state index in [1.807, 2.05) is 0 Å². The van der Waals surface area contributed by atoms with Crippen molar-refractivity contribution >= 4 is 17.5 Å². The second-order valence-corrected chi connectivity index (χ2v) is 9.88. The molecule has 2 aromatic rings. The SMILES string of the molecule is C1CCC(NC2CCCCC2)CC1.O=C(O)CC1(c2ccccc2)C(=O)c2ccccc2C1=O. The number of carbonyl (C=O) groups is 3. The average molecular weight is 462 g/mol. The van der Waals surface area contributed by atoms with Crippen LogP contribution in [0.5, 0.6) is 0 Å². The molecule has 0 spiro atoms. The van der Waals surface area contributed by atoms with Crippen molar-refractivity contribution in [3.8, 4) is 0 Å². The second-order valence-electron chi connectivity index (χ2n) is 9.88. The van der Waals surface area contributed by atoms with Crippen LogP contribution in [0, 0.1) is 0 Å². The van der Waals surface area contributed by atoms with Crippen molar-refractivity contribution in [2.45, 2.75) is 88.1 Å². The Morgan fingerprint density at radius 1 is 0.735 bits per heavy atom. The van der Waals surface area contributed by atoms with E-state index in [1.54, 1.807) is 54.6 Å². The molecule has 5 rings (SSSR count). The van der Waals surface area contributed by atoms with E-state index in [0.717, 1.165) is 12.1 Å². The summed E-state index contributed by atoms with van der Waals surface area (Å²) >= 11 is 0. The van der Waals surface area contributed by atoms with Crippen LogP contribution in [0.4, 0.5) is 0 Å². The molecule has 0 aliphatic heterocycles. The number of hydrogen-bond acceptors (Lipinski definition) is 4. The molecule has 0 unspecified atom stereocenters. The molecular weight excluding hydrogens is 426 g/mol. The fraction of sp³-hybridized carbons (Fsp3) is 0.483. The third-order valence-corrected chi connectivity index (χ3v) is 7.56. The van der Waals surface area contributed by atoms with Gasteiger partial charge in [-0.15, -0.1) is 0 Å². The predicted octanol–water partition coefficient (Wildman–Crippen LogP) is 5.72. The molecule has 0 radical (unpaired) electrons. The summed E-state index contributed by atoms with van der Waals surface area (Å²) < 4.78 is 0. The van der Waals surface area contributed by atoms with E-state index in [-0.39, 0.29) is 0 Å². The fourth-order valence-electron chi connectivity index (χ4n) is 5.79. The number of carboxylic acids is 1. The fourth-order valence-corrected chi connectivity index (χ4v) is 5.79. The molecule has 0 aromatic heterocycles. The van der Waals surface area contributed by atoms with Crippen molar-refractivity contribution in [3.05, 3.63) is 71.3 Å². The molecule has 0 saturated heterocycles. The first-order valence-corrected chi connectivity index (χ1v) is 12.7. The maximum atomic E-state index is 12.8. The van der Waals surface area contributed by atoms with Gasteiger partial charge in [0.05, 0.1) is 6.42 Å². The van der Waals surface area contributed by atoms with Crippen LogP contribution >= 0.6 is 0 Å². The van der Waals surface area contributed by atoms with Crippen LogP contribution in [0.15, 0.2) is 54.6 Å². The van der Waals surface area contributed by atoms with Crippen molar-refractivity contribution in [1.82, 2.24) is 5.32 Å². The Hall–Kier alpha value is -2.79. The monoisotopic (exact) mass is 461 g/mol. The molecule has 0 heterocycles. The summed E-state index contributed by atoms with van der Waals surface area (Å²) in [6, 6.07) is 16.6. The van der Waals surface area contributed by atoms with E-state index >= 15 is 0 Å². The van der Waals surface area contributed by atoms with Gasteiger partial charge in [0.25, 0.3) is 0 Å². The summed E-state index contributed by atoms with van der Waals surface area (Å²) in [7, 11) is 0. The molecular formula is C29H35NO4. The third kappa shape index (κ3) is 5.15. The minimum Gasteiger partial charge on any atom is -0.481 e. The highest BCUT2D eigenvalue weighted by Crippen LogP contribution is 2.42. The maximum absolute atomic E-state index is 12.8. The van der Waals surface area contributed by atoms with Gasteiger partial charge in [0.2, 0.25) is 0 Å². The smallest absolute Gasteiger partial charge is 0.305 e. The number of nitrogens with one attached hydrogen (secondary N) is 1. The number of fused-ring (bicyclic) bond motifs is 1. The zero-order valence-corrected chi connectivity index (χ0v) is 19.8. The number of carboxylic acid groups (broad SMARTS) is 1. The quantitative estimate of drug-likeness (QED) is 0.557. The van der Waals surface area contributed by atoms with Gasteiger partial charge < -0.3 is 10.4 Å². The highest BCUT2D eigenvalue weighted by Gasteiger charge is 2.55. The highest BCUT2D eigenvalue weighted by molar-refractivity contribution is 6.34. The van der Waals surface area contributed by atoms with Crippen molar-refractivity contribution in [2.24, 2.45) is 0 Å². The molecule has 0 atom stereocenters. The predicted molar refractivity (Wildman–Crippen MR) is 132 cm³/mol. The third-order valence-electron chi connectivity index (χ3n) is 7.56. The van der Waals surface area contributed by atoms with Crippen LogP contribution in [0.3, 0.4) is 0 Å². The molecule has 0 amide bonds. The molecule has 2 N–H and O–H groups in total. The summed E-state index contributed by atoms with van der Waals surface area (Å²) in [5, 5.41) is 13.1. The Morgan fingerprint density at radius 2 is 1.18 bits per heavy atom. The van der Waals surface area contributed by atoms with Gasteiger partial charge >= 0.3 is 5.97 Å². The first kappa shape index (κ1) is 24.3. The molecule has 5 nitrogen and oxygen atoms in total. The topological polar surface area (TPSA) is 83.5 Å². The van der Waals surface area contributed by atoms with Crippen LogP contribution in [-0.4, -0.2) is 34.7 Å². The van der Waals surface area contributed by atoms with Crippen molar-refractivity contribution in [2.75, 3.05) is 0 Å². The summed E-state index contributed by atoms with van der Waals surface area (Å²) in [5.74, 6) is -2.04. The van der Waals surface area contributed by atoms with Gasteiger partial charge in [-0.2, -0.15) is 0 Å². The molecule has 34 heavy (non-hydrogen) atoms. The molecule has 3 aliphatic carbocycles. The molecule has 2 saturated carbocycles. The summed E-state index contributed by atoms with van der Waals surface area (Å²) in [5.41, 5.74) is -0.615. The Morgan fingerprint density at radius 3 is 1.62 bits per heavy atom. The van der Waals surface area contributed by atoms with Gasteiger partial charge in [0.15, 0.2) is 11.6 Å². The van der Waals surface area contributed by atoms with Crippen LogP contribution in [0.1, 0.15) is 96.9 Å². The van der Waals surface area contributed by atoms with Crippen LogP contribution in [0.25, 0.3) is 0 Å². The van der Waals surface area contributed by atoms with Crippen molar-refractivity contribution in [3.63, 3.8) is 0 Å². The van der Waals surface area contributed by atoms with E-state index in [0.29, 0.717) is 16.7 Å². The van der Waals surface area contributed by atoms with E-state index in [9.17, 15) is 19.5 Å². The highest BCUT2D eigenvalue weighted by atomic mass is 16.4. The van der Waals surface area contributed by atoms with Gasteiger partial charge in [-0.25, -0.2) is 0 Å². The number of benzene rings is 2. The number of ketones is 2. The molecule has 180 valence electrons. The van der Waals surface area contributed by atoms with Gasteiger partial charge in [-0.05, 0) is 31.2 Å². The number of carbonyl (C=O) groups excluding carboxylic acids is 2. The Kier molecular flexibility index (Phi) is 7.94. The number of Topliss-reactive ketones (excluding diaryl/α,β-unsaturated/α-hetero) is 2. The van der Waals surface area contributed by atoms with Crippen molar-refractivity contribution in [1.29, 1.82) is 0 Å². The average Bonchev–Trinajstić information content (AvgIpc) is 3.09. The molecule has 5 heteroatoms. The second kappa shape index (κ2) is 11.1. The molecule has 3 aliphatic rings. The van der Waals surface area contributed by atoms with Crippen LogP contribution < -0.4 is 5.32 Å². The number of aliphatic carboxylic acids is 1. The van der Waals surface area contributed by atoms with Gasteiger partial charge in [0, 0.05) is 23.2 Å². The van der Waals surface area contributed by atoms with Gasteiger partial charge in [0.1, 0.15) is 5.41 Å². The Labute approximate surface area is 202 Å². The lowest BCUT2D eigenvalue weighted by Crippen LogP contribution is -2.40. The van der Waals surface area contributed by atoms with E-state index in [2.05, 4.69) is 5.32 Å². The standard InChI is InChI=1S/C17H12O4.C12H23N/c18-14(19)10-17(11-6-2-1-3-7-11)15(20)12-8-4-5-9-13(12)16(17)21;1-3-7-11(8-4-1)13-12-9-5-2-6-10-12/h1-9H,10H2,(H,18,19);11-13H,1-10H2. The van der Waals surface area contributed by atoms with E-state index in [1.165, 1.54) is 64.2 Å². The number of hydrogen-bond donors (Lipinski definition) is 2. The normalized spacial score (nSPS) is 20.4. The lowest BCUT2D eigenvalue weighted by Gasteiger charge is -2.30. The summed E-state index contributed by atoms with van der Waals surface area (Å²) in [4.78, 5) is 36.8. The molecule has 0 bridgehead atoms. The molecule has 2 fully saturated rings. The summed E-state index contributed by atoms with van der Waals surface area (Å²) in [6.45, 7) is 0. The minimum atomic E-state index is -1.64. The van der Waals surface area contributed by atoms with E-state index < -0.39 is 29.4 Å². The maximum Gasteiger partial charge on any atom is 0.305 e. The summed E-state index contributed by atoms with van der Waals surface area (Å²) in [6.07, 6.45) is 14.0. The largest absolute Gasteiger partial charge is 0.481 e. The lowest BCUT2D eigenvalue weighted by atomic mass is 9.73. The first-order valence-electron chi connectivity index (χ1n) is 12.7. The minimum absolute atomic E-state index is 0.299. The van der Waals surface area contributed by atoms with Crippen molar-refractivity contribution < 1.29 is 19.5 Å². The zero-order chi connectivity index (χ0) is 24.0. The first-order chi connectivity index (χ1) is 16.5. The Balaban J connectivity index is 0.000000180. The van der Waals surface area contributed by atoms with Crippen LogP contribution in [0.2, 0.25) is 0 Å². The van der Waals surface area contributed by atoms with Gasteiger partial charge in [-0.1, -0.05) is 93.1 Å². The lowest BCUT2D eigenvalue weighted by molar-refractivity contribution is -0.137. The molecule has 2 aromatic carbocycles. The van der Waals surface area contributed by atoms with Crippen LogP contribution in [-0.2, 0) is 10.2 Å². The zero-order valence-electron chi connectivity index (χ0n) is 19.8. The number of rotatable bonds is 5. The van der Waals surface area contributed by atoms with E-state index in [4.69, 9.17) is 0 Å². The van der Waals surface area contributed by atoms with Gasteiger partial charge in [-0.3, -0.25) is 14.4 Å².